The number of benzene rings is 1. The third-order valence-corrected chi connectivity index (χ3v) is 6.67. The van der Waals surface area contributed by atoms with E-state index < -0.39 is 17.7 Å². The van der Waals surface area contributed by atoms with Crippen LogP contribution in [0.1, 0.15) is 47.0 Å². The van der Waals surface area contributed by atoms with Crippen molar-refractivity contribution in [3.63, 3.8) is 0 Å². The van der Waals surface area contributed by atoms with Gasteiger partial charge in [-0.25, -0.2) is 0 Å². The number of ether oxygens (including phenoxy) is 1. The van der Waals surface area contributed by atoms with E-state index in [2.05, 4.69) is 4.98 Å². The number of Topliss-reactive ketones (excluding diaryl/α,β-unsaturated/α-hetero) is 1. The standard InChI is InChI=1S/C26H26N2O4S/c1-15(2)32-20-6-5-19(13-17(20)4)23(29)21-22(25-16(3)9-12-33-25)28(26(31)24(21)30)14-18-7-10-27-11-8-18/h5-13,15,22,29H,14H2,1-4H3/b23-21-. The highest BCUT2D eigenvalue weighted by atomic mass is 32.1. The minimum absolute atomic E-state index is 0.0171. The molecule has 1 saturated heterocycles. The fraction of sp³-hybridized carbons (Fsp3) is 0.269. The van der Waals surface area contributed by atoms with Gasteiger partial charge >= 0.3 is 0 Å². The molecule has 1 aromatic carbocycles. The number of thiophene rings is 1. The SMILES string of the molecule is Cc1cc(/C(O)=C2/C(=O)C(=O)N(Cc3ccncc3)C2c2sccc2C)ccc1OC(C)C. The number of likely N-dealkylation sites (tertiary alicyclic amines) is 1. The molecular formula is C26H26N2O4S. The van der Waals surface area contributed by atoms with E-state index in [1.807, 2.05) is 51.3 Å². The Morgan fingerprint density at radius 3 is 2.45 bits per heavy atom. The topological polar surface area (TPSA) is 79.7 Å². The zero-order valence-corrected chi connectivity index (χ0v) is 19.8. The molecule has 0 saturated carbocycles. The number of hydrogen-bond acceptors (Lipinski definition) is 6. The zero-order valence-electron chi connectivity index (χ0n) is 19.0. The van der Waals surface area contributed by atoms with Gasteiger partial charge in [0, 0.05) is 29.4 Å². The highest BCUT2D eigenvalue weighted by molar-refractivity contribution is 7.10. The summed E-state index contributed by atoms with van der Waals surface area (Å²) in [6, 6.07) is 10.2. The molecule has 1 N–H and O–H groups in total. The van der Waals surface area contributed by atoms with Gasteiger partial charge in [0.15, 0.2) is 0 Å². The first-order chi connectivity index (χ1) is 15.8. The van der Waals surface area contributed by atoms with Crippen LogP contribution in [0.25, 0.3) is 5.76 Å². The normalized spacial score (nSPS) is 17.7. The molecule has 7 heteroatoms. The molecule has 1 fully saturated rings. The first-order valence-corrected chi connectivity index (χ1v) is 11.6. The number of pyridine rings is 1. The summed E-state index contributed by atoms with van der Waals surface area (Å²) in [5.41, 5.74) is 3.25. The third-order valence-electron chi connectivity index (χ3n) is 5.60. The summed E-state index contributed by atoms with van der Waals surface area (Å²) in [6.07, 6.45) is 3.32. The minimum atomic E-state index is -0.681. The van der Waals surface area contributed by atoms with Crippen LogP contribution in [0.2, 0.25) is 0 Å². The van der Waals surface area contributed by atoms with Crippen molar-refractivity contribution < 1.29 is 19.4 Å². The largest absolute Gasteiger partial charge is 0.507 e. The van der Waals surface area contributed by atoms with E-state index in [0.717, 1.165) is 21.6 Å². The number of hydrogen-bond donors (Lipinski definition) is 1. The molecule has 1 amide bonds. The number of carbonyl (C=O) groups excluding carboxylic acids is 2. The maximum atomic E-state index is 13.2. The first-order valence-electron chi connectivity index (χ1n) is 10.8. The summed E-state index contributed by atoms with van der Waals surface area (Å²) in [6.45, 7) is 7.96. The summed E-state index contributed by atoms with van der Waals surface area (Å²) in [4.78, 5) is 32.7. The Kier molecular flexibility index (Phi) is 6.33. The number of amides is 1. The quantitative estimate of drug-likeness (QED) is 0.311. The second kappa shape index (κ2) is 9.19. The van der Waals surface area contributed by atoms with Crippen LogP contribution in [0.3, 0.4) is 0 Å². The van der Waals surface area contributed by atoms with Gasteiger partial charge in [-0.1, -0.05) is 0 Å². The fourth-order valence-corrected chi connectivity index (χ4v) is 5.05. The smallest absolute Gasteiger partial charge is 0.295 e. The number of aromatic nitrogens is 1. The Morgan fingerprint density at radius 1 is 1.12 bits per heavy atom. The summed E-state index contributed by atoms with van der Waals surface area (Å²) in [5, 5.41) is 13.2. The molecule has 0 aliphatic carbocycles. The molecule has 3 aromatic rings. The predicted octanol–water partition coefficient (Wildman–Crippen LogP) is 5.17. The average Bonchev–Trinajstić information content (AvgIpc) is 3.31. The molecule has 1 aliphatic heterocycles. The summed E-state index contributed by atoms with van der Waals surface area (Å²) >= 11 is 1.47. The van der Waals surface area contributed by atoms with Gasteiger partial charge in [0.1, 0.15) is 17.6 Å². The van der Waals surface area contributed by atoms with Crippen molar-refractivity contribution in [1.29, 1.82) is 0 Å². The molecule has 0 spiro atoms. The van der Waals surface area contributed by atoms with Gasteiger partial charge in [-0.05, 0) is 86.2 Å². The van der Waals surface area contributed by atoms with Crippen molar-refractivity contribution in [3.8, 4) is 5.75 Å². The monoisotopic (exact) mass is 462 g/mol. The second-order valence-electron chi connectivity index (χ2n) is 8.40. The van der Waals surface area contributed by atoms with Crippen LogP contribution in [0.15, 0.2) is 59.7 Å². The van der Waals surface area contributed by atoms with E-state index in [0.29, 0.717) is 11.3 Å². The van der Waals surface area contributed by atoms with E-state index in [-0.39, 0.29) is 24.0 Å². The number of carbonyl (C=O) groups is 2. The van der Waals surface area contributed by atoms with Gasteiger partial charge in [0.05, 0.1) is 11.7 Å². The molecule has 0 radical (unpaired) electrons. The molecule has 1 unspecified atom stereocenters. The van der Waals surface area contributed by atoms with Crippen LogP contribution in [0.4, 0.5) is 0 Å². The van der Waals surface area contributed by atoms with Crippen molar-refractivity contribution in [1.82, 2.24) is 9.88 Å². The Bertz CT molecular complexity index is 1230. The van der Waals surface area contributed by atoms with E-state index in [9.17, 15) is 14.7 Å². The number of nitrogens with zero attached hydrogens (tertiary/aromatic N) is 2. The van der Waals surface area contributed by atoms with Crippen molar-refractivity contribution >= 4 is 28.8 Å². The van der Waals surface area contributed by atoms with Crippen LogP contribution >= 0.6 is 11.3 Å². The van der Waals surface area contributed by atoms with E-state index in [1.165, 1.54) is 16.2 Å². The van der Waals surface area contributed by atoms with Crippen molar-refractivity contribution in [2.45, 2.75) is 46.4 Å². The van der Waals surface area contributed by atoms with E-state index >= 15 is 0 Å². The van der Waals surface area contributed by atoms with E-state index in [1.54, 1.807) is 30.6 Å². The molecule has 0 bridgehead atoms. The molecule has 4 rings (SSSR count). The van der Waals surface area contributed by atoms with Gasteiger partial charge in [-0.2, -0.15) is 0 Å². The second-order valence-corrected chi connectivity index (χ2v) is 9.34. The molecule has 33 heavy (non-hydrogen) atoms. The van der Waals surface area contributed by atoms with Crippen molar-refractivity contribution in [3.05, 3.63) is 86.9 Å². The number of aliphatic hydroxyl groups excluding tert-OH is 1. The zero-order chi connectivity index (χ0) is 23.7. The minimum Gasteiger partial charge on any atom is -0.507 e. The summed E-state index contributed by atoms with van der Waals surface area (Å²) < 4.78 is 5.79. The maximum Gasteiger partial charge on any atom is 0.295 e. The Balaban J connectivity index is 1.82. The average molecular weight is 463 g/mol. The van der Waals surface area contributed by atoms with Crippen LogP contribution in [-0.2, 0) is 16.1 Å². The molecule has 1 atom stereocenters. The molecule has 6 nitrogen and oxygen atoms in total. The van der Waals surface area contributed by atoms with Crippen molar-refractivity contribution in [2.75, 3.05) is 0 Å². The Labute approximate surface area is 197 Å². The number of ketones is 1. The van der Waals surface area contributed by atoms with Crippen molar-refractivity contribution in [2.24, 2.45) is 0 Å². The van der Waals surface area contributed by atoms with Crippen LogP contribution in [0.5, 0.6) is 5.75 Å². The molecule has 1 aliphatic rings. The number of aliphatic hydroxyl groups is 1. The van der Waals surface area contributed by atoms with Crippen LogP contribution in [-0.4, -0.2) is 32.8 Å². The maximum absolute atomic E-state index is 13.2. The van der Waals surface area contributed by atoms with Gasteiger partial charge < -0.3 is 14.7 Å². The first kappa shape index (κ1) is 22.7. The summed E-state index contributed by atoms with van der Waals surface area (Å²) in [5.74, 6) is -0.768. The van der Waals surface area contributed by atoms with Gasteiger partial charge in [0.2, 0.25) is 0 Å². The Hall–Kier alpha value is -3.45. The third kappa shape index (κ3) is 4.41. The van der Waals surface area contributed by atoms with Crippen LogP contribution < -0.4 is 4.74 Å². The molecule has 3 heterocycles. The predicted molar refractivity (Wildman–Crippen MR) is 128 cm³/mol. The van der Waals surface area contributed by atoms with Gasteiger partial charge in [-0.15, -0.1) is 11.3 Å². The van der Waals surface area contributed by atoms with Crippen LogP contribution in [0, 0.1) is 13.8 Å². The highest BCUT2D eigenvalue weighted by Gasteiger charge is 2.47. The van der Waals surface area contributed by atoms with Gasteiger partial charge in [0.25, 0.3) is 11.7 Å². The molecule has 2 aromatic heterocycles. The fourth-order valence-electron chi connectivity index (χ4n) is 4.00. The molecular weight excluding hydrogens is 436 g/mol. The number of rotatable bonds is 6. The van der Waals surface area contributed by atoms with Gasteiger partial charge in [-0.3, -0.25) is 14.6 Å². The Morgan fingerprint density at radius 2 is 1.85 bits per heavy atom. The lowest BCUT2D eigenvalue weighted by Crippen LogP contribution is -2.29. The number of aryl methyl sites for hydroxylation is 2. The lowest BCUT2D eigenvalue weighted by molar-refractivity contribution is -0.140. The highest BCUT2D eigenvalue weighted by Crippen LogP contribution is 2.43. The lowest BCUT2D eigenvalue weighted by atomic mass is 9.97. The summed E-state index contributed by atoms with van der Waals surface area (Å²) in [7, 11) is 0. The van der Waals surface area contributed by atoms with E-state index in [4.69, 9.17) is 4.74 Å². The lowest BCUT2D eigenvalue weighted by Gasteiger charge is -2.25. The molecule has 170 valence electrons.